The minimum atomic E-state index is 0.395. The third-order valence-electron chi connectivity index (χ3n) is 5.02. The summed E-state index contributed by atoms with van der Waals surface area (Å²) in [7, 11) is 0. The molecule has 0 aliphatic heterocycles. The molecule has 1 unspecified atom stereocenters. The Labute approximate surface area is 138 Å². The molecule has 0 aromatic heterocycles. The Hall–Kier alpha value is -0.540. The van der Waals surface area contributed by atoms with Crippen molar-refractivity contribution in [2.24, 2.45) is 23.0 Å². The van der Waals surface area contributed by atoms with Crippen LogP contribution in [0.2, 0.25) is 0 Å². The van der Waals surface area contributed by atoms with Crippen LogP contribution < -0.4 is 11.1 Å². The summed E-state index contributed by atoms with van der Waals surface area (Å²) in [6.07, 6.45) is 5.28. The van der Waals surface area contributed by atoms with Gasteiger partial charge < -0.3 is 11.1 Å². The van der Waals surface area contributed by atoms with Crippen molar-refractivity contribution in [3.05, 3.63) is 28.7 Å². The summed E-state index contributed by atoms with van der Waals surface area (Å²) in [5.41, 5.74) is 7.65. The van der Waals surface area contributed by atoms with Gasteiger partial charge in [0.05, 0.1) is 0 Å². The molecule has 3 N–H and O–H groups in total. The van der Waals surface area contributed by atoms with Crippen molar-refractivity contribution in [3.63, 3.8) is 0 Å². The van der Waals surface area contributed by atoms with E-state index in [4.69, 9.17) is 5.73 Å². The maximum atomic E-state index is 6.03. The van der Waals surface area contributed by atoms with Gasteiger partial charge in [-0.3, -0.25) is 0 Å². The third-order valence-corrected chi connectivity index (χ3v) is 5.54. The van der Waals surface area contributed by atoms with Crippen molar-refractivity contribution in [3.8, 4) is 0 Å². The van der Waals surface area contributed by atoms with E-state index in [0.717, 1.165) is 10.4 Å². The first-order valence-corrected chi connectivity index (χ1v) is 8.91. The summed E-state index contributed by atoms with van der Waals surface area (Å²) >= 11 is 3.48. The molecule has 2 nitrogen and oxygen atoms in total. The molecule has 1 aromatic rings. The monoisotopic (exact) mass is 352 g/mol. The van der Waals surface area contributed by atoms with Crippen LogP contribution in [0.5, 0.6) is 0 Å². The Kier molecular flexibility index (Phi) is 5.73. The van der Waals surface area contributed by atoms with E-state index in [2.05, 4.69) is 66.3 Å². The highest BCUT2D eigenvalue weighted by Gasteiger charge is 2.32. The summed E-state index contributed by atoms with van der Waals surface area (Å²) in [4.78, 5) is 0. The van der Waals surface area contributed by atoms with Gasteiger partial charge in [0.15, 0.2) is 0 Å². The number of anilines is 1. The summed E-state index contributed by atoms with van der Waals surface area (Å²) in [5, 5.41) is 3.63. The van der Waals surface area contributed by atoms with Gasteiger partial charge in [0, 0.05) is 22.7 Å². The lowest BCUT2D eigenvalue weighted by molar-refractivity contribution is 0.143. The van der Waals surface area contributed by atoms with Gasteiger partial charge in [-0.15, -0.1) is 0 Å². The summed E-state index contributed by atoms with van der Waals surface area (Å²) in [6, 6.07) is 8.78. The fraction of sp³-hybridized carbons (Fsp3) is 0.667. The van der Waals surface area contributed by atoms with Gasteiger partial charge >= 0.3 is 0 Å². The van der Waals surface area contributed by atoms with Gasteiger partial charge in [0.2, 0.25) is 0 Å². The van der Waals surface area contributed by atoms with Gasteiger partial charge in [-0.1, -0.05) is 36.7 Å². The quantitative estimate of drug-likeness (QED) is 0.796. The average Bonchev–Trinajstić information content (AvgIpc) is 2.46. The Morgan fingerprint density at radius 3 is 2.19 bits per heavy atom. The van der Waals surface area contributed by atoms with E-state index < -0.39 is 0 Å². The molecule has 2 rings (SSSR count). The Balaban J connectivity index is 1.92. The summed E-state index contributed by atoms with van der Waals surface area (Å²) in [5.74, 6) is 1.57. The zero-order valence-electron chi connectivity index (χ0n) is 13.5. The van der Waals surface area contributed by atoms with Gasteiger partial charge in [0.25, 0.3) is 0 Å². The largest absolute Gasteiger partial charge is 0.381 e. The Morgan fingerprint density at radius 2 is 1.71 bits per heavy atom. The summed E-state index contributed by atoms with van der Waals surface area (Å²) < 4.78 is 1.11. The molecule has 1 saturated carbocycles. The fourth-order valence-electron chi connectivity index (χ4n) is 3.52. The molecule has 1 fully saturated rings. The molecule has 0 spiro atoms. The second-order valence-corrected chi connectivity index (χ2v) is 8.39. The zero-order valence-corrected chi connectivity index (χ0v) is 15.1. The van der Waals surface area contributed by atoms with Crippen LogP contribution in [0.15, 0.2) is 28.7 Å². The van der Waals surface area contributed by atoms with Gasteiger partial charge in [-0.25, -0.2) is 0 Å². The highest BCUT2D eigenvalue weighted by atomic mass is 79.9. The summed E-state index contributed by atoms with van der Waals surface area (Å²) in [6.45, 7) is 7.83. The molecule has 1 aromatic carbocycles. The average molecular weight is 353 g/mol. The van der Waals surface area contributed by atoms with E-state index in [-0.39, 0.29) is 0 Å². The van der Waals surface area contributed by atoms with Crippen LogP contribution in [-0.4, -0.2) is 12.6 Å². The standard InChI is InChI=1S/C18H29BrN2/c1-18(2,3)14-6-4-13(5-7-14)17(12-20)21-16-10-8-15(19)9-11-16/h8-11,13-14,17,21H,4-7,12,20H2,1-3H3. The van der Waals surface area contributed by atoms with Crippen molar-refractivity contribution in [2.75, 3.05) is 11.9 Å². The molecule has 0 radical (unpaired) electrons. The second kappa shape index (κ2) is 7.15. The van der Waals surface area contributed by atoms with Crippen LogP contribution in [0.4, 0.5) is 5.69 Å². The lowest BCUT2D eigenvalue weighted by Gasteiger charge is -2.39. The van der Waals surface area contributed by atoms with Crippen LogP contribution in [-0.2, 0) is 0 Å². The van der Waals surface area contributed by atoms with Crippen LogP contribution in [0.1, 0.15) is 46.5 Å². The molecular formula is C18H29BrN2. The van der Waals surface area contributed by atoms with E-state index in [0.29, 0.717) is 23.9 Å². The number of hydrogen-bond donors (Lipinski definition) is 2. The number of hydrogen-bond acceptors (Lipinski definition) is 2. The predicted octanol–water partition coefficient (Wildman–Crippen LogP) is 5.04. The molecule has 0 saturated heterocycles. The number of nitrogens with two attached hydrogens (primary N) is 1. The lowest BCUT2D eigenvalue weighted by Crippen LogP contribution is -2.39. The smallest absolute Gasteiger partial charge is 0.0411 e. The van der Waals surface area contributed by atoms with Crippen molar-refractivity contribution in [2.45, 2.75) is 52.5 Å². The first-order chi connectivity index (χ1) is 9.90. The minimum absolute atomic E-state index is 0.395. The Morgan fingerprint density at radius 1 is 1.14 bits per heavy atom. The van der Waals surface area contributed by atoms with Gasteiger partial charge in [-0.2, -0.15) is 0 Å². The number of halogens is 1. The zero-order chi connectivity index (χ0) is 15.5. The third kappa shape index (κ3) is 4.72. The van der Waals surface area contributed by atoms with E-state index in [1.165, 1.54) is 31.4 Å². The normalized spacial score (nSPS) is 24.6. The van der Waals surface area contributed by atoms with E-state index in [1.807, 2.05) is 0 Å². The highest BCUT2D eigenvalue weighted by Crippen LogP contribution is 2.41. The van der Waals surface area contributed by atoms with Crippen molar-refractivity contribution >= 4 is 21.6 Å². The first-order valence-electron chi connectivity index (χ1n) is 8.12. The second-order valence-electron chi connectivity index (χ2n) is 7.47. The SMILES string of the molecule is CC(C)(C)C1CCC(C(CN)Nc2ccc(Br)cc2)CC1. The highest BCUT2D eigenvalue weighted by molar-refractivity contribution is 9.10. The first kappa shape index (κ1) is 16.8. The molecule has 0 heterocycles. The van der Waals surface area contributed by atoms with Crippen LogP contribution in [0.25, 0.3) is 0 Å². The Bertz CT molecular complexity index is 428. The van der Waals surface area contributed by atoms with Gasteiger partial charge in [-0.05, 0) is 67.2 Å². The fourth-order valence-corrected chi connectivity index (χ4v) is 3.78. The topological polar surface area (TPSA) is 38.0 Å². The molecule has 3 heteroatoms. The molecule has 1 atom stereocenters. The molecule has 0 amide bonds. The number of nitrogens with one attached hydrogen (secondary N) is 1. The number of rotatable bonds is 4. The van der Waals surface area contributed by atoms with Crippen LogP contribution in [0, 0.1) is 17.3 Å². The molecule has 1 aliphatic rings. The van der Waals surface area contributed by atoms with Crippen LogP contribution >= 0.6 is 15.9 Å². The molecule has 0 bridgehead atoms. The van der Waals surface area contributed by atoms with Crippen LogP contribution in [0.3, 0.4) is 0 Å². The molecule has 1 aliphatic carbocycles. The molecular weight excluding hydrogens is 324 g/mol. The van der Waals surface area contributed by atoms with Gasteiger partial charge in [0.1, 0.15) is 0 Å². The van der Waals surface area contributed by atoms with Crippen molar-refractivity contribution in [1.82, 2.24) is 0 Å². The van der Waals surface area contributed by atoms with Crippen molar-refractivity contribution < 1.29 is 0 Å². The van der Waals surface area contributed by atoms with E-state index in [1.54, 1.807) is 0 Å². The lowest BCUT2D eigenvalue weighted by atomic mass is 9.68. The van der Waals surface area contributed by atoms with E-state index >= 15 is 0 Å². The maximum Gasteiger partial charge on any atom is 0.0411 e. The number of benzene rings is 1. The maximum absolute atomic E-state index is 6.03. The molecule has 118 valence electrons. The predicted molar refractivity (Wildman–Crippen MR) is 95.5 cm³/mol. The minimum Gasteiger partial charge on any atom is -0.381 e. The molecule has 21 heavy (non-hydrogen) atoms. The van der Waals surface area contributed by atoms with Crippen molar-refractivity contribution in [1.29, 1.82) is 0 Å². The van der Waals surface area contributed by atoms with E-state index in [9.17, 15) is 0 Å².